The molecule has 0 saturated carbocycles. The molecule has 1 fully saturated rings. The fourth-order valence-corrected chi connectivity index (χ4v) is 3.39. The Labute approximate surface area is 170 Å². The third-order valence-corrected chi connectivity index (χ3v) is 4.89. The average Bonchev–Trinajstić information content (AvgIpc) is 2.97. The maximum Gasteiger partial charge on any atom is 0.332 e. The highest BCUT2D eigenvalue weighted by molar-refractivity contribution is 6.22. The number of para-hydroxylation sites is 1. The Morgan fingerprint density at radius 1 is 1.07 bits per heavy atom. The lowest BCUT2D eigenvalue weighted by Crippen LogP contribution is -2.40. The number of amides is 4. The van der Waals surface area contributed by atoms with Gasteiger partial charge in [0.05, 0.1) is 19.2 Å². The molecule has 0 unspecified atom stereocenters. The number of rotatable bonds is 8. The summed E-state index contributed by atoms with van der Waals surface area (Å²) in [5.74, 6) is 0.135. The fourth-order valence-electron chi connectivity index (χ4n) is 3.39. The van der Waals surface area contributed by atoms with E-state index in [9.17, 15) is 14.4 Å². The van der Waals surface area contributed by atoms with Crippen LogP contribution in [0.3, 0.4) is 0 Å². The molecule has 0 spiro atoms. The first kappa shape index (κ1) is 20.4. The molecular weight excluding hydrogens is 370 g/mol. The second kappa shape index (κ2) is 9.23. The van der Waals surface area contributed by atoms with Crippen molar-refractivity contribution >= 4 is 23.5 Å². The van der Waals surface area contributed by atoms with Crippen molar-refractivity contribution < 1.29 is 19.1 Å². The van der Waals surface area contributed by atoms with E-state index in [0.29, 0.717) is 25.2 Å². The Kier molecular flexibility index (Phi) is 6.49. The number of ether oxygens (including phenoxy) is 1. The van der Waals surface area contributed by atoms with Gasteiger partial charge in [0.1, 0.15) is 11.8 Å². The summed E-state index contributed by atoms with van der Waals surface area (Å²) in [6.45, 7) is 2.63. The van der Waals surface area contributed by atoms with Gasteiger partial charge >= 0.3 is 6.03 Å². The number of nitrogens with zero attached hydrogens (tertiary/aromatic N) is 2. The predicted molar refractivity (Wildman–Crippen MR) is 110 cm³/mol. The molecule has 7 heteroatoms. The van der Waals surface area contributed by atoms with E-state index < -0.39 is 12.1 Å². The number of urea groups is 1. The third-order valence-electron chi connectivity index (χ3n) is 4.89. The third kappa shape index (κ3) is 4.56. The smallest absolute Gasteiger partial charge is 0.332 e. The minimum Gasteiger partial charge on any atom is -0.497 e. The monoisotopic (exact) mass is 395 g/mol. The Bertz CT molecular complexity index is 867. The Morgan fingerprint density at radius 3 is 2.38 bits per heavy atom. The molecule has 152 valence electrons. The first-order valence-corrected chi connectivity index (χ1v) is 9.64. The van der Waals surface area contributed by atoms with Gasteiger partial charge in [0.15, 0.2) is 0 Å². The normalized spacial score (nSPS) is 16.3. The molecule has 0 bridgehead atoms. The second-order valence-electron chi connectivity index (χ2n) is 6.76. The van der Waals surface area contributed by atoms with Gasteiger partial charge in [-0.15, -0.1) is 0 Å². The minimum atomic E-state index is -0.812. The van der Waals surface area contributed by atoms with Gasteiger partial charge in [0.2, 0.25) is 5.91 Å². The standard InChI is InChI=1S/C22H25N3O4/c1-3-23-20(26)15-19-21(27)25(17-7-5-4-6-8-17)22(28)24(19)14-13-16-9-11-18(29-2)12-10-16/h4-12,19H,3,13-15H2,1-2H3,(H,23,26)/t19-/m1/s1. The SMILES string of the molecule is CCNC(=O)C[C@@H]1C(=O)N(c2ccccc2)C(=O)N1CCc1ccc(OC)cc1. The van der Waals surface area contributed by atoms with Crippen molar-refractivity contribution in [2.75, 3.05) is 25.1 Å². The molecule has 0 aliphatic carbocycles. The molecule has 2 aromatic carbocycles. The van der Waals surface area contributed by atoms with Crippen LogP contribution in [-0.4, -0.2) is 49.0 Å². The number of anilines is 1. The number of hydrogen-bond donors (Lipinski definition) is 1. The number of imide groups is 1. The van der Waals surface area contributed by atoms with Crippen LogP contribution in [0.4, 0.5) is 10.5 Å². The van der Waals surface area contributed by atoms with Gasteiger partial charge in [0, 0.05) is 13.1 Å². The molecular formula is C22H25N3O4. The largest absolute Gasteiger partial charge is 0.497 e. The van der Waals surface area contributed by atoms with Crippen LogP contribution in [0.15, 0.2) is 54.6 Å². The molecule has 1 N–H and O–H groups in total. The first-order chi connectivity index (χ1) is 14.0. The number of carbonyl (C=O) groups is 3. The maximum absolute atomic E-state index is 13.1. The van der Waals surface area contributed by atoms with Gasteiger partial charge in [0.25, 0.3) is 5.91 Å². The van der Waals surface area contributed by atoms with Crippen molar-refractivity contribution in [3.8, 4) is 5.75 Å². The van der Waals surface area contributed by atoms with E-state index in [1.807, 2.05) is 37.3 Å². The van der Waals surface area contributed by atoms with E-state index in [1.165, 1.54) is 4.90 Å². The summed E-state index contributed by atoms with van der Waals surface area (Å²) in [5, 5.41) is 2.71. The maximum atomic E-state index is 13.1. The molecule has 1 aliphatic rings. The molecule has 0 radical (unpaired) electrons. The van der Waals surface area contributed by atoms with Crippen LogP contribution in [0.1, 0.15) is 18.9 Å². The number of benzene rings is 2. The quantitative estimate of drug-likeness (QED) is 0.697. The number of hydrogen-bond acceptors (Lipinski definition) is 4. The van der Waals surface area contributed by atoms with Crippen molar-refractivity contribution in [3.63, 3.8) is 0 Å². The van der Waals surface area contributed by atoms with Gasteiger partial charge < -0.3 is 15.0 Å². The van der Waals surface area contributed by atoms with Crippen LogP contribution in [0.5, 0.6) is 5.75 Å². The van der Waals surface area contributed by atoms with Crippen molar-refractivity contribution in [2.45, 2.75) is 25.8 Å². The van der Waals surface area contributed by atoms with Gasteiger partial charge in [-0.1, -0.05) is 30.3 Å². The number of nitrogens with one attached hydrogen (secondary N) is 1. The fraction of sp³-hybridized carbons (Fsp3) is 0.318. The topological polar surface area (TPSA) is 79.0 Å². The van der Waals surface area contributed by atoms with E-state index in [1.54, 1.807) is 31.4 Å². The van der Waals surface area contributed by atoms with Crippen LogP contribution in [-0.2, 0) is 16.0 Å². The zero-order valence-corrected chi connectivity index (χ0v) is 16.6. The summed E-state index contributed by atoms with van der Waals surface area (Å²) in [5.41, 5.74) is 1.52. The zero-order chi connectivity index (χ0) is 20.8. The highest BCUT2D eigenvalue weighted by Crippen LogP contribution is 2.27. The first-order valence-electron chi connectivity index (χ1n) is 9.64. The molecule has 1 aliphatic heterocycles. The Balaban J connectivity index is 1.80. The van der Waals surface area contributed by atoms with E-state index in [4.69, 9.17) is 4.74 Å². The molecule has 1 heterocycles. The van der Waals surface area contributed by atoms with Gasteiger partial charge in [-0.2, -0.15) is 0 Å². The summed E-state index contributed by atoms with van der Waals surface area (Å²) in [4.78, 5) is 40.9. The predicted octanol–water partition coefficient (Wildman–Crippen LogP) is 2.60. The van der Waals surface area contributed by atoms with E-state index in [2.05, 4.69) is 5.32 Å². The Morgan fingerprint density at radius 2 is 1.76 bits per heavy atom. The molecule has 0 aromatic heterocycles. The second-order valence-corrected chi connectivity index (χ2v) is 6.76. The lowest BCUT2D eigenvalue weighted by atomic mass is 10.1. The van der Waals surface area contributed by atoms with Crippen LogP contribution in [0.2, 0.25) is 0 Å². The summed E-state index contributed by atoms with van der Waals surface area (Å²) in [6.07, 6.45) is 0.516. The summed E-state index contributed by atoms with van der Waals surface area (Å²) in [7, 11) is 1.60. The van der Waals surface area contributed by atoms with Gasteiger partial charge in [-0.05, 0) is 43.2 Å². The van der Waals surface area contributed by atoms with Crippen molar-refractivity contribution in [1.82, 2.24) is 10.2 Å². The van der Waals surface area contributed by atoms with Gasteiger partial charge in [-0.25, -0.2) is 9.69 Å². The molecule has 1 atom stereocenters. The summed E-state index contributed by atoms with van der Waals surface area (Å²) < 4.78 is 5.16. The highest BCUT2D eigenvalue weighted by Gasteiger charge is 2.46. The summed E-state index contributed by atoms with van der Waals surface area (Å²) >= 11 is 0. The summed E-state index contributed by atoms with van der Waals surface area (Å²) in [6, 6.07) is 15.1. The van der Waals surface area contributed by atoms with Crippen molar-refractivity contribution in [2.24, 2.45) is 0 Å². The lowest BCUT2D eigenvalue weighted by molar-refractivity contribution is -0.127. The molecule has 3 rings (SSSR count). The molecule has 29 heavy (non-hydrogen) atoms. The highest BCUT2D eigenvalue weighted by atomic mass is 16.5. The van der Waals surface area contributed by atoms with Crippen LogP contribution >= 0.6 is 0 Å². The van der Waals surface area contributed by atoms with Crippen molar-refractivity contribution in [3.05, 3.63) is 60.2 Å². The van der Waals surface area contributed by atoms with Crippen LogP contribution < -0.4 is 15.0 Å². The van der Waals surface area contributed by atoms with E-state index in [-0.39, 0.29) is 18.2 Å². The average molecular weight is 395 g/mol. The van der Waals surface area contributed by atoms with E-state index in [0.717, 1.165) is 16.2 Å². The molecule has 1 saturated heterocycles. The minimum absolute atomic E-state index is 0.0512. The molecule has 4 amide bonds. The number of carbonyl (C=O) groups excluding carboxylic acids is 3. The lowest BCUT2D eigenvalue weighted by Gasteiger charge is -2.21. The van der Waals surface area contributed by atoms with E-state index >= 15 is 0 Å². The zero-order valence-electron chi connectivity index (χ0n) is 16.6. The molecule has 2 aromatic rings. The Hall–Kier alpha value is -3.35. The van der Waals surface area contributed by atoms with Crippen molar-refractivity contribution in [1.29, 1.82) is 0 Å². The van der Waals surface area contributed by atoms with Gasteiger partial charge in [-0.3, -0.25) is 9.59 Å². The number of methoxy groups -OCH3 is 1. The molecule has 7 nitrogen and oxygen atoms in total. The van der Waals surface area contributed by atoms with Crippen LogP contribution in [0, 0.1) is 0 Å². The van der Waals surface area contributed by atoms with Crippen LogP contribution in [0.25, 0.3) is 0 Å².